The van der Waals surface area contributed by atoms with Crippen LogP contribution < -0.4 is 4.74 Å². The van der Waals surface area contributed by atoms with Crippen molar-refractivity contribution in [2.45, 2.75) is 39.0 Å². The van der Waals surface area contributed by atoms with E-state index in [1.54, 1.807) is 4.90 Å². The molecule has 0 N–H and O–H groups in total. The van der Waals surface area contributed by atoms with E-state index < -0.39 is 11.9 Å². The van der Waals surface area contributed by atoms with Crippen molar-refractivity contribution in [2.24, 2.45) is 5.92 Å². The number of nitrogens with zero attached hydrogens (tertiary/aromatic N) is 1. The van der Waals surface area contributed by atoms with E-state index in [0.29, 0.717) is 30.6 Å². The van der Waals surface area contributed by atoms with Gasteiger partial charge in [0.2, 0.25) is 0 Å². The van der Waals surface area contributed by atoms with Crippen molar-refractivity contribution in [2.75, 3.05) is 26.8 Å². The maximum atomic E-state index is 11.8. The maximum absolute atomic E-state index is 11.8. The third kappa shape index (κ3) is 5.11. The molecule has 0 aromatic heterocycles. The van der Waals surface area contributed by atoms with Crippen molar-refractivity contribution in [3.8, 4) is 5.75 Å². The molecule has 1 amide bonds. The van der Waals surface area contributed by atoms with Crippen LogP contribution in [-0.2, 0) is 19.7 Å². The Morgan fingerprint density at radius 2 is 1.88 bits per heavy atom. The van der Waals surface area contributed by atoms with Crippen LogP contribution in [0.25, 0.3) is 0 Å². The second-order valence-electron chi connectivity index (χ2n) is 7.43. The van der Waals surface area contributed by atoms with E-state index in [1.807, 2.05) is 18.2 Å². The molecule has 1 heterocycles. The zero-order chi connectivity index (χ0) is 18.6. The Morgan fingerprint density at radius 3 is 2.44 bits per heavy atom. The highest BCUT2D eigenvalue weighted by atomic mass is 35.5. The lowest BCUT2D eigenvalue weighted by Gasteiger charge is -2.31. The first-order chi connectivity index (χ1) is 11.7. The lowest BCUT2D eigenvalue weighted by molar-refractivity contribution is -0.158. The molecule has 0 spiro atoms. The molecule has 0 saturated carbocycles. The summed E-state index contributed by atoms with van der Waals surface area (Å²) < 4.78 is 10.6. The lowest BCUT2D eigenvalue weighted by Crippen LogP contribution is -2.43. The topological polar surface area (TPSA) is 55.8 Å². The minimum Gasteiger partial charge on any atom is -0.493 e. The Morgan fingerprint density at radius 1 is 1.24 bits per heavy atom. The first-order valence-electron chi connectivity index (χ1n) is 8.52. The van der Waals surface area contributed by atoms with E-state index >= 15 is 0 Å². The van der Waals surface area contributed by atoms with Crippen LogP contribution in [0, 0.1) is 5.92 Å². The van der Waals surface area contributed by atoms with E-state index in [0.717, 1.165) is 24.2 Å². The summed E-state index contributed by atoms with van der Waals surface area (Å²) in [6.07, 6.45) is 1.61. The molecule has 1 aliphatic rings. The fraction of sp³-hybridized carbons (Fsp3) is 0.579. The summed E-state index contributed by atoms with van der Waals surface area (Å²) in [5.41, 5.74) is 1.02. The van der Waals surface area contributed by atoms with Crippen molar-refractivity contribution in [1.29, 1.82) is 0 Å². The number of carbonyl (C=O) groups excluding carboxylic acids is 2. The predicted octanol–water partition coefficient (Wildman–Crippen LogP) is 3.43. The standard InChI is InChI=1S/C19H26ClNO4/c1-19(2,3)15-11-14(20)5-6-16(15)25-12-13-7-9-21(10-8-13)17(22)18(23)24-4/h5-6,11,13H,7-10,12H2,1-4H3. The highest BCUT2D eigenvalue weighted by Gasteiger charge is 2.28. The summed E-state index contributed by atoms with van der Waals surface area (Å²) in [7, 11) is 1.22. The zero-order valence-electron chi connectivity index (χ0n) is 15.3. The molecular weight excluding hydrogens is 342 g/mol. The molecule has 0 bridgehead atoms. The van der Waals surface area contributed by atoms with Gasteiger partial charge in [0.05, 0.1) is 13.7 Å². The van der Waals surface area contributed by atoms with Crippen LogP contribution >= 0.6 is 11.6 Å². The third-order valence-corrected chi connectivity index (χ3v) is 4.72. The van der Waals surface area contributed by atoms with Gasteiger partial charge < -0.3 is 14.4 Å². The maximum Gasteiger partial charge on any atom is 0.396 e. The molecule has 2 rings (SSSR count). The summed E-state index contributed by atoms with van der Waals surface area (Å²) in [6, 6.07) is 5.71. The molecule has 1 aromatic carbocycles. The highest BCUT2D eigenvalue weighted by molar-refractivity contribution is 6.32. The first kappa shape index (κ1) is 19.6. The molecule has 25 heavy (non-hydrogen) atoms. The van der Waals surface area contributed by atoms with E-state index in [1.165, 1.54) is 7.11 Å². The van der Waals surface area contributed by atoms with Crippen molar-refractivity contribution in [3.05, 3.63) is 28.8 Å². The van der Waals surface area contributed by atoms with Gasteiger partial charge >= 0.3 is 11.9 Å². The van der Waals surface area contributed by atoms with Gasteiger partial charge in [0, 0.05) is 23.7 Å². The molecule has 0 unspecified atom stereocenters. The second kappa shape index (κ2) is 8.09. The largest absolute Gasteiger partial charge is 0.493 e. The predicted molar refractivity (Wildman–Crippen MR) is 97.0 cm³/mol. The van der Waals surface area contributed by atoms with Crippen LogP contribution in [0.1, 0.15) is 39.2 Å². The van der Waals surface area contributed by atoms with Crippen LogP contribution in [0.5, 0.6) is 5.75 Å². The average molecular weight is 368 g/mol. The molecule has 1 aromatic rings. The minimum absolute atomic E-state index is 0.0590. The number of ether oxygens (including phenoxy) is 2. The molecule has 5 nitrogen and oxygen atoms in total. The Hall–Kier alpha value is -1.75. The fourth-order valence-corrected chi connectivity index (χ4v) is 3.11. The number of amides is 1. The number of likely N-dealkylation sites (tertiary alicyclic amines) is 1. The fourth-order valence-electron chi connectivity index (χ4n) is 2.94. The van der Waals surface area contributed by atoms with Gasteiger partial charge in [-0.15, -0.1) is 0 Å². The van der Waals surface area contributed by atoms with Gasteiger partial charge in [0.25, 0.3) is 0 Å². The summed E-state index contributed by atoms with van der Waals surface area (Å²) in [5, 5.41) is 0.701. The molecular formula is C19H26ClNO4. The Kier molecular flexibility index (Phi) is 6.33. The van der Waals surface area contributed by atoms with Gasteiger partial charge in [0.1, 0.15) is 5.75 Å². The Balaban J connectivity index is 1.92. The molecule has 138 valence electrons. The number of hydrogen-bond acceptors (Lipinski definition) is 4. The number of piperidine rings is 1. The van der Waals surface area contributed by atoms with Crippen LogP contribution in [0.3, 0.4) is 0 Å². The number of esters is 1. The molecule has 1 aliphatic heterocycles. The van der Waals surface area contributed by atoms with E-state index in [2.05, 4.69) is 25.5 Å². The van der Waals surface area contributed by atoms with Crippen LogP contribution in [-0.4, -0.2) is 43.6 Å². The number of hydrogen-bond donors (Lipinski definition) is 0. The molecule has 1 fully saturated rings. The van der Waals surface area contributed by atoms with Gasteiger partial charge in [-0.25, -0.2) is 4.79 Å². The number of halogens is 1. The normalized spacial score (nSPS) is 15.8. The van der Waals surface area contributed by atoms with E-state index in [-0.39, 0.29) is 5.41 Å². The van der Waals surface area contributed by atoms with E-state index in [4.69, 9.17) is 16.3 Å². The average Bonchev–Trinajstić information content (AvgIpc) is 2.59. The molecule has 0 radical (unpaired) electrons. The monoisotopic (exact) mass is 367 g/mol. The number of rotatable bonds is 3. The van der Waals surface area contributed by atoms with Gasteiger partial charge in [0.15, 0.2) is 0 Å². The molecule has 0 aliphatic carbocycles. The Labute approximate surface area is 154 Å². The van der Waals surface area contributed by atoms with Gasteiger partial charge in [-0.1, -0.05) is 32.4 Å². The molecule has 6 heteroatoms. The third-order valence-electron chi connectivity index (χ3n) is 4.49. The van der Waals surface area contributed by atoms with Gasteiger partial charge in [-0.2, -0.15) is 0 Å². The van der Waals surface area contributed by atoms with Crippen molar-refractivity contribution < 1.29 is 19.1 Å². The van der Waals surface area contributed by atoms with Crippen LogP contribution in [0.4, 0.5) is 0 Å². The van der Waals surface area contributed by atoms with E-state index in [9.17, 15) is 9.59 Å². The van der Waals surface area contributed by atoms with Crippen molar-refractivity contribution in [1.82, 2.24) is 4.90 Å². The lowest BCUT2D eigenvalue weighted by atomic mass is 9.86. The molecule has 0 atom stereocenters. The second-order valence-corrected chi connectivity index (χ2v) is 7.87. The summed E-state index contributed by atoms with van der Waals surface area (Å²) in [5.74, 6) is -0.157. The summed E-state index contributed by atoms with van der Waals surface area (Å²) in [4.78, 5) is 24.7. The summed E-state index contributed by atoms with van der Waals surface area (Å²) >= 11 is 6.12. The smallest absolute Gasteiger partial charge is 0.396 e. The van der Waals surface area contributed by atoms with Crippen molar-refractivity contribution >= 4 is 23.5 Å². The summed E-state index contributed by atoms with van der Waals surface area (Å²) in [6.45, 7) is 8.07. The SMILES string of the molecule is COC(=O)C(=O)N1CCC(COc2ccc(Cl)cc2C(C)(C)C)CC1. The minimum atomic E-state index is -0.800. The van der Waals surface area contributed by atoms with Crippen LogP contribution in [0.2, 0.25) is 5.02 Å². The number of carbonyl (C=O) groups is 2. The van der Waals surface area contributed by atoms with Crippen LogP contribution in [0.15, 0.2) is 18.2 Å². The number of methoxy groups -OCH3 is 1. The zero-order valence-corrected chi connectivity index (χ0v) is 16.1. The molecule has 1 saturated heterocycles. The van der Waals surface area contributed by atoms with Crippen molar-refractivity contribution in [3.63, 3.8) is 0 Å². The van der Waals surface area contributed by atoms with Gasteiger partial charge in [-0.3, -0.25) is 4.79 Å². The highest BCUT2D eigenvalue weighted by Crippen LogP contribution is 2.34. The first-order valence-corrected chi connectivity index (χ1v) is 8.90. The van der Waals surface area contributed by atoms with Gasteiger partial charge in [-0.05, 0) is 42.4 Å². The quantitative estimate of drug-likeness (QED) is 0.606. The Bertz CT molecular complexity index is 631. The number of benzene rings is 1.